The zero-order valence-electron chi connectivity index (χ0n) is 16.4. The number of nitrogens with one attached hydrogen (secondary N) is 1. The van der Waals surface area contributed by atoms with Gasteiger partial charge in [0.2, 0.25) is 0 Å². The molecule has 0 aromatic rings. The molecule has 0 radical (unpaired) electrons. The molecule has 0 aliphatic carbocycles. The van der Waals surface area contributed by atoms with Crippen molar-refractivity contribution in [3.8, 4) is 0 Å². The van der Waals surface area contributed by atoms with Crippen LogP contribution in [-0.2, 0) is 36.4 Å². The van der Waals surface area contributed by atoms with Crippen LogP contribution in [0.2, 0.25) is 0 Å². The molecule has 6 N–H and O–H groups in total. The highest BCUT2D eigenvalue weighted by atomic mass is 35.5. The molecular weight excluding hydrogens is 521 g/mol. The van der Waals surface area contributed by atoms with Crippen molar-refractivity contribution in [2.24, 2.45) is 0 Å². The highest BCUT2D eigenvalue weighted by Gasteiger charge is 2.56. The van der Waals surface area contributed by atoms with Gasteiger partial charge >= 0.3 is 23.5 Å². The topological polar surface area (TPSA) is 222 Å². The van der Waals surface area contributed by atoms with Gasteiger partial charge in [-0.1, -0.05) is 19.9 Å². The number of aliphatic hydroxyl groups is 1. The van der Waals surface area contributed by atoms with Crippen LogP contribution in [0.4, 0.5) is 0 Å². The highest BCUT2D eigenvalue weighted by Crippen LogP contribution is 2.66. The van der Waals surface area contributed by atoms with E-state index < -0.39 is 59.3 Å². The summed E-state index contributed by atoms with van der Waals surface area (Å²) in [5.41, 5.74) is -1.72. The lowest BCUT2D eigenvalue weighted by atomic mass is 9.92. The molecule has 0 saturated carbocycles. The Bertz CT molecular complexity index is 925. The normalized spacial score (nSPS) is 32.5. The van der Waals surface area contributed by atoms with E-state index in [-0.39, 0.29) is 12.2 Å². The molecule has 0 aromatic heterocycles. The second kappa shape index (κ2) is 9.93. The number of alkyl halides is 1. The molecule has 0 aromatic carbocycles. The Kier molecular flexibility index (Phi) is 8.57. The van der Waals surface area contributed by atoms with E-state index in [4.69, 9.17) is 26.1 Å². The minimum Gasteiger partial charge on any atom is -0.388 e. The Morgan fingerprint density at radius 3 is 2.41 bits per heavy atom. The van der Waals surface area contributed by atoms with E-state index in [2.05, 4.69) is 25.0 Å². The lowest BCUT2D eigenvalue weighted by Crippen LogP contribution is -2.45. The third kappa shape index (κ3) is 6.94. The van der Waals surface area contributed by atoms with Crippen LogP contribution in [0.3, 0.4) is 0 Å². The molecule has 0 spiro atoms. The van der Waals surface area contributed by atoms with Gasteiger partial charge in [0, 0.05) is 12.3 Å². The molecule has 15 nitrogen and oxygen atoms in total. The molecular formula is C13H22ClN2O13P3. The van der Waals surface area contributed by atoms with E-state index in [1.807, 2.05) is 0 Å². The molecule has 0 bridgehead atoms. The summed E-state index contributed by atoms with van der Waals surface area (Å²) in [6.45, 7) is 4.46. The number of rotatable bonds is 10. The summed E-state index contributed by atoms with van der Waals surface area (Å²) in [6.07, 6.45) is 0.242. The van der Waals surface area contributed by atoms with E-state index >= 15 is 0 Å². The van der Waals surface area contributed by atoms with Gasteiger partial charge in [-0.05, 0) is 6.42 Å². The lowest BCUT2D eigenvalue weighted by Gasteiger charge is -2.35. The summed E-state index contributed by atoms with van der Waals surface area (Å²) >= 11 is 6.30. The monoisotopic (exact) mass is 542 g/mol. The average molecular weight is 543 g/mol. The van der Waals surface area contributed by atoms with Crippen molar-refractivity contribution in [3.63, 3.8) is 0 Å². The van der Waals surface area contributed by atoms with E-state index in [1.165, 1.54) is 11.1 Å². The maximum absolute atomic E-state index is 12.1. The maximum atomic E-state index is 12.1. The van der Waals surface area contributed by atoms with Crippen LogP contribution < -0.4 is 5.32 Å². The van der Waals surface area contributed by atoms with E-state index in [9.17, 15) is 33.4 Å². The fraction of sp³-hybridized carbons (Fsp3) is 0.615. The number of hydrogen-bond acceptors (Lipinski definition) is 10. The fourth-order valence-electron chi connectivity index (χ4n) is 3.07. The second-order valence-corrected chi connectivity index (χ2v) is 11.7. The largest absolute Gasteiger partial charge is 0.490 e. The van der Waals surface area contributed by atoms with E-state index in [0.29, 0.717) is 6.42 Å². The molecule has 32 heavy (non-hydrogen) atoms. The van der Waals surface area contributed by atoms with Gasteiger partial charge < -0.3 is 39.6 Å². The molecule has 1 saturated heterocycles. The Hall–Kier alpha value is -0.630. The van der Waals surface area contributed by atoms with Crippen molar-refractivity contribution >= 4 is 41.0 Å². The number of halogens is 1. The third-order valence-electron chi connectivity index (χ3n) is 4.27. The quantitative estimate of drug-likeness (QED) is 0.164. The number of carbonyl (C=O) groups excluding carboxylic acids is 1. The first-order valence-corrected chi connectivity index (χ1v) is 13.7. The number of amides is 1. The van der Waals surface area contributed by atoms with Crippen molar-refractivity contribution in [3.05, 3.63) is 24.7 Å². The van der Waals surface area contributed by atoms with Crippen molar-refractivity contribution in [2.45, 2.75) is 43.1 Å². The standard InChI is InChI=1S/C13H22ClN2O13P3/c1-3-5-13(7-26-31(22,23)29-32(24,25)28-30(19,20)21)11(18)10(14)12(27-13)16-6-4-9(17)15-8(16)2/h4,6,10-12,18H,2-3,5,7H2,1H3,(H,15,17)(H,22,23)(H,24,25)(H2,19,20,21)/t10-,11+,12-,13-/m1/s1. The van der Waals surface area contributed by atoms with Crippen LogP contribution >= 0.6 is 35.1 Å². The molecule has 19 heteroatoms. The van der Waals surface area contributed by atoms with Crippen LogP contribution in [0.5, 0.6) is 0 Å². The van der Waals surface area contributed by atoms with Gasteiger partial charge in [-0.3, -0.25) is 9.32 Å². The smallest absolute Gasteiger partial charge is 0.388 e. The third-order valence-corrected chi connectivity index (χ3v) is 8.51. The number of ether oxygens (including phenoxy) is 1. The predicted octanol–water partition coefficient (Wildman–Crippen LogP) is 0.610. The molecule has 2 unspecified atom stereocenters. The molecule has 184 valence electrons. The predicted molar refractivity (Wildman–Crippen MR) is 106 cm³/mol. The van der Waals surface area contributed by atoms with Crippen molar-refractivity contribution in [2.75, 3.05) is 6.61 Å². The molecule has 2 rings (SSSR count). The van der Waals surface area contributed by atoms with Gasteiger partial charge in [0.1, 0.15) is 22.9 Å². The Balaban J connectivity index is 2.19. The van der Waals surface area contributed by atoms with Crippen LogP contribution in [0, 0.1) is 0 Å². The second-order valence-electron chi connectivity index (χ2n) is 6.74. The van der Waals surface area contributed by atoms with Gasteiger partial charge in [-0.15, -0.1) is 11.6 Å². The first-order chi connectivity index (χ1) is 14.5. The lowest BCUT2D eigenvalue weighted by molar-refractivity contribution is -0.138. The van der Waals surface area contributed by atoms with Gasteiger partial charge in [-0.2, -0.15) is 8.62 Å². The Morgan fingerprint density at radius 2 is 1.88 bits per heavy atom. The average Bonchev–Trinajstić information content (AvgIpc) is 2.83. The van der Waals surface area contributed by atoms with Crippen molar-refractivity contribution in [1.82, 2.24) is 10.2 Å². The van der Waals surface area contributed by atoms with Gasteiger partial charge in [-0.25, -0.2) is 13.7 Å². The van der Waals surface area contributed by atoms with E-state index in [0.717, 1.165) is 6.08 Å². The molecule has 2 aliphatic rings. The minimum absolute atomic E-state index is 0.0278. The molecule has 1 fully saturated rings. The van der Waals surface area contributed by atoms with Gasteiger partial charge in [0.25, 0.3) is 5.91 Å². The highest BCUT2D eigenvalue weighted by molar-refractivity contribution is 7.66. The number of carbonyl (C=O) groups is 1. The summed E-state index contributed by atoms with van der Waals surface area (Å²) in [6, 6.07) is 0. The minimum atomic E-state index is -5.71. The van der Waals surface area contributed by atoms with Crippen molar-refractivity contribution in [1.29, 1.82) is 0 Å². The number of phosphoric ester groups is 1. The van der Waals surface area contributed by atoms with Crippen LogP contribution in [0.1, 0.15) is 19.8 Å². The molecule has 1 amide bonds. The first kappa shape index (κ1) is 27.6. The van der Waals surface area contributed by atoms with Crippen molar-refractivity contribution < 1.29 is 61.1 Å². The number of hydrogen-bond donors (Lipinski definition) is 6. The van der Waals surface area contributed by atoms with Gasteiger partial charge in [0.05, 0.1) is 6.61 Å². The van der Waals surface area contributed by atoms with E-state index in [1.54, 1.807) is 6.92 Å². The molecule has 6 atom stereocenters. The Labute approximate surface area is 187 Å². The number of phosphoric acid groups is 3. The summed E-state index contributed by atoms with van der Waals surface area (Å²) in [5, 5.41) is 12.0. The molecule has 2 aliphatic heterocycles. The Morgan fingerprint density at radius 1 is 1.25 bits per heavy atom. The zero-order chi connectivity index (χ0) is 24.5. The summed E-state index contributed by atoms with van der Waals surface area (Å²) in [7, 11) is -16.7. The van der Waals surface area contributed by atoms with Crippen LogP contribution in [-0.4, -0.2) is 65.4 Å². The fourth-order valence-corrected chi connectivity index (χ4v) is 6.55. The first-order valence-electron chi connectivity index (χ1n) is 8.75. The summed E-state index contributed by atoms with van der Waals surface area (Å²) in [4.78, 5) is 48.8. The summed E-state index contributed by atoms with van der Waals surface area (Å²) < 4.78 is 52.1. The van der Waals surface area contributed by atoms with Gasteiger partial charge in [0.15, 0.2) is 6.23 Å². The number of aliphatic hydroxyl groups excluding tert-OH is 1. The molecule has 2 heterocycles. The number of nitrogens with zero attached hydrogens (tertiary/aromatic N) is 1. The van der Waals surface area contributed by atoms with Crippen LogP contribution in [0.15, 0.2) is 24.7 Å². The van der Waals surface area contributed by atoms with Crippen LogP contribution in [0.25, 0.3) is 0 Å². The summed E-state index contributed by atoms with van der Waals surface area (Å²) in [5.74, 6) is -0.371. The SMILES string of the molecule is C=C1NC(=O)C=CN1[C@@H]1O[C@](CCC)(COP(=O)(O)OP(=O)(O)OP(=O)(O)O)[C@@H](O)[C@H]1Cl. The maximum Gasteiger partial charge on any atom is 0.490 e. The zero-order valence-corrected chi connectivity index (χ0v) is 19.8.